The first kappa shape index (κ1) is 29.1. The number of tetrazole rings is 1. The van der Waals surface area contributed by atoms with Crippen molar-refractivity contribution in [1.29, 1.82) is 5.26 Å². The SMILES string of the molecule is COc1nc(N2CCC(N3CCOCC3)CC2)ncc1Nc1ncc(-c2ccc(C#N)c(OC(C)Cn3cnnn3)c2)cn1. The van der Waals surface area contributed by atoms with Crippen LogP contribution in [0.3, 0.4) is 0 Å². The molecule has 15 nitrogen and oxygen atoms in total. The average molecular weight is 599 g/mol. The number of hydrogen-bond donors (Lipinski definition) is 1. The maximum Gasteiger partial charge on any atom is 0.242 e. The molecule has 0 saturated carbocycles. The second-order valence-electron chi connectivity index (χ2n) is 10.7. The molecule has 1 atom stereocenters. The summed E-state index contributed by atoms with van der Waals surface area (Å²) in [6, 6.07) is 8.12. The molecule has 6 rings (SSSR count). The first-order valence-corrected chi connectivity index (χ1v) is 14.6. The van der Waals surface area contributed by atoms with Crippen LogP contribution in [0.2, 0.25) is 0 Å². The van der Waals surface area contributed by atoms with Gasteiger partial charge in [-0.05, 0) is 47.9 Å². The van der Waals surface area contributed by atoms with Gasteiger partial charge >= 0.3 is 0 Å². The van der Waals surface area contributed by atoms with Gasteiger partial charge in [-0.1, -0.05) is 6.07 Å². The quantitative estimate of drug-likeness (QED) is 0.283. The van der Waals surface area contributed by atoms with Gasteiger partial charge in [0, 0.05) is 50.2 Å². The van der Waals surface area contributed by atoms with Crippen LogP contribution in [0.5, 0.6) is 11.6 Å². The highest BCUT2D eigenvalue weighted by Crippen LogP contribution is 2.30. The molecule has 228 valence electrons. The predicted molar refractivity (Wildman–Crippen MR) is 160 cm³/mol. The minimum atomic E-state index is -0.269. The number of nitrogens with one attached hydrogen (secondary N) is 1. The third kappa shape index (κ3) is 6.82. The molecular weight excluding hydrogens is 564 g/mol. The molecule has 0 spiro atoms. The van der Waals surface area contributed by atoms with E-state index in [0.717, 1.165) is 63.4 Å². The second kappa shape index (κ2) is 13.6. The monoisotopic (exact) mass is 598 g/mol. The smallest absolute Gasteiger partial charge is 0.242 e. The Morgan fingerprint density at radius 3 is 2.57 bits per heavy atom. The van der Waals surface area contributed by atoms with Crippen molar-refractivity contribution in [1.82, 2.24) is 45.0 Å². The summed E-state index contributed by atoms with van der Waals surface area (Å²) >= 11 is 0. The van der Waals surface area contributed by atoms with Crippen LogP contribution in [-0.4, -0.2) is 104 Å². The van der Waals surface area contributed by atoms with Crippen molar-refractivity contribution in [2.45, 2.75) is 38.5 Å². The lowest BCUT2D eigenvalue weighted by molar-refractivity contribution is 0.0114. The van der Waals surface area contributed by atoms with E-state index in [1.807, 2.05) is 13.0 Å². The third-order valence-corrected chi connectivity index (χ3v) is 7.74. The van der Waals surface area contributed by atoms with Gasteiger partial charge in [-0.2, -0.15) is 10.2 Å². The predicted octanol–water partition coefficient (Wildman–Crippen LogP) is 2.31. The van der Waals surface area contributed by atoms with Crippen LogP contribution in [0, 0.1) is 11.3 Å². The van der Waals surface area contributed by atoms with Crippen molar-refractivity contribution in [3.63, 3.8) is 0 Å². The molecule has 1 N–H and O–H groups in total. The summed E-state index contributed by atoms with van der Waals surface area (Å²) in [6.45, 7) is 7.75. The zero-order chi connectivity index (χ0) is 30.3. The number of nitrogens with zero attached hydrogens (tertiary/aromatic N) is 11. The van der Waals surface area contributed by atoms with E-state index >= 15 is 0 Å². The number of anilines is 3. The molecular formula is C29H34N12O3. The van der Waals surface area contributed by atoms with Crippen LogP contribution in [0.25, 0.3) is 11.1 Å². The summed E-state index contributed by atoms with van der Waals surface area (Å²) in [5.74, 6) is 1.90. The first-order chi connectivity index (χ1) is 21.6. The maximum absolute atomic E-state index is 9.59. The Balaban J connectivity index is 1.10. The molecule has 2 aliphatic heterocycles. The highest BCUT2D eigenvalue weighted by Gasteiger charge is 2.27. The van der Waals surface area contributed by atoms with Crippen molar-refractivity contribution in [2.24, 2.45) is 0 Å². The number of methoxy groups -OCH3 is 1. The molecule has 0 aliphatic carbocycles. The van der Waals surface area contributed by atoms with E-state index in [0.29, 0.717) is 47.4 Å². The molecule has 0 radical (unpaired) electrons. The van der Waals surface area contributed by atoms with Crippen LogP contribution >= 0.6 is 0 Å². The number of nitriles is 1. The molecule has 4 aromatic rings. The summed E-state index contributed by atoms with van der Waals surface area (Å²) in [7, 11) is 1.58. The molecule has 44 heavy (non-hydrogen) atoms. The van der Waals surface area contributed by atoms with Gasteiger partial charge in [0.05, 0.1) is 38.6 Å². The Morgan fingerprint density at radius 2 is 1.86 bits per heavy atom. The molecule has 5 heterocycles. The molecule has 1 aromatic carbocycles. The van der Waals surface area contributed by atoms with Gasteiger partial charge in [-0.25, -0.2) is 19.6 Å². The molecule has 2 aliphatic rings. The Kier molecular flexibility index (Phi) is 8.99. The third-order valence-electron chi connectivity index (χ3n) is 7.74. The summed E-state index contributed by atoms with van der Waals surface area (Å²) < 4.78 is 18.7. The first-order valence-electron chi connectivity index (χ1n) is 14.6. The van der Waals surface area contributed by atoms with E-state index in [1.54, 1.807) is 42.5 Å². The molecule has 0 amide bonds. The minimum absolute atomic E-state index is 0.269. The van der Waals surface area contributed by atoms with Gasteiger partial charge in [0.2, 0.25) is 17.8 Å². The van der Waals surface area contributed by atoms with Crippen molar-refractivity contribution < 1.29 is 14.2 Å². The Hall–Kier alpha value is -4.94. The number of morpholine rings is 1. The Labute approximate surface area is 254 Å². The molecule has 3 aromatic heterocycles. The Bertz CT molecular complexity index is 1560. The van der Waals surface area contributed by atoms with E-state index < -0.39 is 0 Å². The van der Waals surface area contributed by atoms with E-state index in [4.69, 9.17) is 14.2 Å². The van der Waals surface area contributed by atoms with Gasteiger partial charge in [-0.15, -0.1) is 5.10 Å². The summed E-state index contributed by atoms with van der Waals surface area (Å²) in [6.07, 6.45) is 8.48. The van der Waals surface area contributed by atoms with Gasteiger partial charge < -0.3 is 24.4 Å². The lowest BCUT2D eigenvalue weighted by Crippen LogP contribution is -2.49. The summed E-state index contributed by atoms with van der Waals surface area (Å²) in [4.78, 5) is 23.0. The molecule has 15 heteroatoms. The molecule has 2 fully saturated rings. The van der Waals surface area contributed by atoms with E-state index in [9.17, 15) is 5.26 Å². The van der Waals surface area contributed by atoms with Gasteiger partial charge in [0.25, 0.3) is 0 Å². The van der Waals surface area contributed by atoms with Crippen LogP contribution in [0.15, 0.2) is 43.1 Å². The second-order valence-corrected chi connectivity index (χ2v) is 10.7. The highest BCUT2D eigenvalue weighted by atomic mass is 16.5. The Morgan fingerprint density at radius 1 is 1.07 bits per heavy atom. The lowest BCUT2D eigenvalue weighted by Gasteiger charge is -2.40. The maximum atomic E-state index is 9.59. The van der Waals surface area contributed by atoms with Crippen molar-refractivity contribution in [3.8, 4) is 28.8 Å². The van der Waals surface area contributed by atoms with Crippen LogP contribution in [-0.2, 0) is 11.3 Å². The van der Waals surface area contributed by atoms with Gasteiger partial charge in [-0.3, -0.25) is 4.90 Å². The molecule has 2 saturated heterocycles. The zero-order valence-corrected chi connectivity index (χ0v) is 24.7. The van der Waals surface area contributed by atoms with Crippen LogP contribution < -0.4 is 19.7 Å². The topological polar surface area (TPSA) is 165 Å². The van der Waals surface area contributed by atoms with Gasteiger partial charge in [0.1, 0.15) is 29.9 Å². The van der Waals surface area contributed by atoms with Gasteiger partial charge in [0.15, 0.2) is 0 Å². The van der Waals surface area contributed by atoms with E-state index in [2.05, 4.69) is 56.6 Å². The summed E-state index contributed by atoms with van der Waals surface area (Å²) in [5.41, 5.74) is 2.56. The number of benzene rings is 1. The largest absolute Gasteiger partial charge is 0.487 e. The van der Waals surface area contributed by atoms with Crippen LogP contribution in [0.1, 0.15) is 25.3 Å². The summed E-state index contributed by atoms with van der Waals surface area (Å²) in [5, 5.41) is 23.9. The highest BCUT2D eigenvalue weighted by molar-refractivity contribution is 5.67. The van der Waals surface area contributed by atoms with Crippen molar-refractivity contribution >= 4 is 17.6 Å². The average Bonchev–Trinajstić information content (AvgIpc) is 3.58. The van der Waals surface area contributed by atoms with E-state index in [-0.39, 0.29) is 6.10 Å². The van der Waals surface area contributed by atoms with Crippen LogP contribution in [0.4, 0.5) is 17.6 Å². The number of ether oxygens (including phenoxy) is 3. The lowest BCUT2D eigenvalue weighted by atomic mass is 10.0. The standard InChI is InChI=1S/C29H34N12O3/c1-20(18-41-19-34-37-38-41)44-26-13-21(3-4-22(26)14-30)23-15-31-28(32-16-23)35-25-17-33-29(36-27(25)42-2)40-7-5-24(6-8-40)39-9-11-43-12-10-39/h3-4,13,15-17,19-20,24H,5-12,18H2,1-2H3,(H,31,32,35). The fourth-order valence-electron chi connectivity index (χ4n) is 5.46. The normalized spacial score (nSPS) is 16.7. The number of hydrogen-bond acceptors (Lipinski definition) is 14. The number of aromatic nitrogens is 8. The zero-order valence-electron chi connectivity index (χ0n) is 24.7. The molecule has 1 unspecified atom stereocenters. The van der Waals surface area contributed by atoms with Crippen molar-refractivity contribution in [3.05, 3.63) is 48.7 Å². The molecule has 0 bridgehead atoms. The fourth-order valence-corrected chi connectivity index (χ4v) is 5.46. The number of piperidine rings is 1. The van der Waals surface area contributed by atoms with E-state index in [1.165, 1.54) is 6.33 Å². The fraction of sp³-hybridized carbons (Fsp3) is 0.448. The van der Waals surface area contributed by atoms with Crippen molar-refractivity contribution in [2.75, 3.05) is 56.7 Å². The minimum Gasteiger partial charge on any atom is -0.487 e. The number of rotatable bonds is 10.